The molecule has 0 aliphatic carbocycles. The van der Waals surface area contributed by atoms with Gasteiger partial charge < -0.3 is 15.4 Å². The van der Waals surface area contributed by atoms with E-state index >= 15 is 0 Å². The standard InChI is InChI=1S/C15H20N2O3/c1-4-17(9-11(2)3)14(18)10-20-13-8-6-5-7-12(13)15(16)19/h5-8H,2,4,9-10H2,1,3H3,(H2,16,19). The summed E-state index contributed by atoms with van der Waals surface area (Å²) in [4.78, 5) is 24.9. The molecule has 0 bridgehead atoms. The van der Waals surface area contributed by atoms with Crippen molar-refractivity contribution in [1.82, 2.24) is 4.90 Å². The Balaban J connectivity index is 2.69. The molecule has 2 amide bonds. The first-order valence-electron chi connectivity index (χ1n) is 6.39. The number of hydrogen-bond donors (Lipinski definition) is 1. The van der Waals surface area contributed by atoms with Crippen molar-refractivity contribution in [3.8, 4) is 5.75 Å². The highest BCUT2D eigenvalue weighted by atomic mass is 16.5. The minimum atomic E-state index is -0.581. The van der Waals surface area contributed by atoms with Gasteiger partial charge in [-0.15, -0.1) is 0 Å². The van der Waals surface area contributed by atoms with Crippen LogP contribution in [-0.4, -0.2) is 36.4 Å². The van der Waals surface area contributed by atoms with Gasteiger partial charge in [0.05, 0.1) is 5.56 Å². The Hall–Kier alpha value is -2.30. The first-order valence-corrected chi connectivity index (χ1v) is 6.39. The average Bonchev–Trinajstić information content (AvgIpc) is 2.42. The zero-order chi connectivity index (χ0) is 15.1. The third kappa shape index (κ3) is 4.42. The lowest BCUT2D eigenvalue weighted by atomic mass is 10.2. The lowest BCUT2D eigenvalue weighted by Crippen LogP contribution is -2.36. The Morgan fingerprint density at radius 1 is 1.35 bits per heavy atom. The highest BCUT2D eigenvalue weighted by Gasteiger charge is 2.14. The summed E-state index contributed by atoms with van der Waals surface area (Å²) in [6, 6.07) is 6.59. The number of carbonyl (C=O) groups is 2. The normalized spacial score (nSPS) is 9.90. The van der Waals surface area contributed by atoms with Gasteiger partial charge in [-0.3, -0.25) is 9.59 Å². The summed E-state index contributed by atoms with van der Waals surface area (Å²) in [6.07, 6.45) is 0. The molecule has 108 valence electrons. The summed E-state index contributed by atoms with van der Waals surface area (Å²) in [5.41, 5.74) is 6.41. The number of rotatable bonds is 7. The Morgan fingerprint density at radius 2 is 2.00 bits per heavy atom. The molecule has 0 saturated carbocycles. The van der Waals surface area contributed by atoms with Crippen molar-refractivity contribution in [2.75, 3.05) is 19.7 Å². The maximum Gasteiger partial charge on any atom is 0.260 e. The number of hydrogen-bond acceptors (Lipinski definition) is 3. The van der Waals surface area contributed by atoms with Crippen LogP contribution in [-0.2, 0) is 4.79 Å². The monoisotopic (exact) mass is 276 g/mol. The molecule has 0 aliphatic heterocycles. The van der Waals surface area contributed by atoms with E-state index < -0.39 is 5.91 Å². The summed E-state index contributed by atoms with van der Waals surface area (Å²) in [5.74, 6) is -0.420. The van der Waals surface area contributed by atoms with Crippen LogP contribution < -0.4 is 10.5 Å². The molecule has 0 fully saturated rings. The van der Waals surface area contributed by atoms with Crippen molar-refractivity contribution < 1.29 is 14.3 Å². The van der Waals surface area contributed by atoms with E-state index in [4.69, 9.17) is 10.5 Å². The van der Waals surface area contributed by atoms with Gasteiger partial charge in [0.2, 0.25) is 0 Å². The molecule has 1 aromatic rings. The number of likely N-dealkylation sites (N-methyl/N-ethyl adjacent to an activating group) is 1. The number of amides is 2. The highest BCUT2D eigenvalue weighted by Crippen LogP contribution is 2.17. The van der Waals surface area contributed by atoms with Crippen molar-refractivity contribution >= 4 is 11.8 Å². The van der Waals surface area contributed by atoms with Gasteiger partial charge in [0.25, 0.3) is 11.8 Å². The number of carbonyl (C=O) groups excluding carboxylic acids is 2. The van der Waals surface area contributed by atoms with E-state index in [0.29, 0.717) is 18.8 Å². The van der Waals surface area contributed by atoms with Gasteiger partial charge in [-0.25, -0.2) is 0 Å². The van der Waals surface area contributed by atoms with E-state index in [1.54, 1.807) is 29.2 Å². The largest absolute Gasteiger partial charge is 0.483 e. The maximum atomic E-state index is 12.0. The molecule has 0 unspecified atom stereocenters. The molecule has 1 aromatic carbocycles. The summed E-state index contributed by atoms with van der Waals surface area (Å²) in [5, 5.41) is 0. The number of primary amides is 1. The van der Waals surface area contributed by atoms with Gasteiger partial charge in [0, 0.05) is 13.1 Å². The molecular weight excluding hydrogens is 256 g/mol. The van der Waals surface area contributed by atoms with E-state index in [0.717, 1.165) is 5.57 Å². The fraction of sp³-hybridized carbons (Fsp3) is 0.333. The molecule has 5 heteroatoms. The fourth-order valence-electron chi connectivity index (χ4n) is 1.73. The Morgan fingerprint density at radius 3 is 2.55 bits per heavy atom. The topological polar surface area (TPSA) is 72.6 Å². The second-order valence-electron chi connectivity index (χ2n) is 4.51. The van der Waals surface area contributed by atoms with Crippen LogP contribution >= 0.6 is 0 Å². The molecule has 0 radical (unpaired) electrons. The van der Waals surface area contributed by atoms with Crippen molar-refractivity contribution in [2.24, 2.45) is 5.73 Å². The molecule has 5 nitrogen and oxygen atoms in total. The zero-order valence-electron chi connectivity index (χ0n) is 11.9. The van der Waals surface area contributed by atoms with E-state index in [2.05, 4.69) is 6.58 Å². The maximum absolute atomic E-state index is 12.0. The Kier molecular flexibility index (Phi) is 5.77. The number of nitrogens with two attached hydrogens (primary N) is 1. The van der Waals surface area contributed by atoms with Crippen LogP contribution in [0, 0.1) is 0 Å². The summed E-state index contributed by atoms with van der Waals surface area (Å²) in [7, 11) is 0. The minimum absolute atomic E-state index is 0.134. The molecule has 20 heavy (non-hydrogen) atoms. The number of nitrogens with zero attached hydrogens (tertiary/aromatic N) is 1. The van der Waals surface area contributed by atoms with Gasteiger partial charge >= 0.3 is 0 Å². The van der Waals surface area contributed by atoms with E-state index in [9.17, 15) is 9.59 Å². The van der Waals surface area contributed by atoms with E-state index in [1.165, 1.54) is 0 Å². The van der Waals surface area contributed by atoms with Crippen molar-refractivity contribution in [3.63, 3.8) is 0 Å². The molecule has 0 saturated heterocycles. The van der Waals surface area contributed by atoms with Crippen LogP contribution in [0.1, 0.15) is 24.2 Å². The van der Waals surface area contributed by atoms with Gasteiger partial charge in [0.15, 0.2) is 6.61 Å². The fourth-order valence-corrected chi connectivity index (χ4v) is 1.73. The Labute approximate surface area is 119 Å². The van der Waals surface area contributed by atoms with Gasteiger partial charge in [-0.1, -0.05) is 24.3 Å². The summed E-state index contributed by atoms with van der Waals surface area (Å²) >= 11 is 0. The van der Waals surface area contributed by atoms with Crippen LogP contribution in [0.15, 0.2) is 36.4 Å². The molecule has 2 N–H and O–H groups in total. The minimum Gasteiger partial charge on any atom is -0.483 e. The van der Waals surface area contributed by atoms with Gasteiger partial charge in [0.1, 0.15) is 5.75 Å². The molecule has 0 spiro atoms. The number of benzene rings is 1. The molecule has 0 atom stereocenters. The smallest absolute Gasteiger partial charge is 0.260 e. The summed E-state index contributed by atoms with van der Waals surface area (Å²) in [6.45, 7) is 8.47. The van der Waals surface area contributed by atoms with Crippen molar-refractivity contribution in [3.05, 3.63) is 42.0 Å². The predicted molar refractivity (Wildman–Crippen MR) is 77.5 cm³/mol. The predicted octanol–water partition coefficient (Wildman–Crippen LogP) is 1.59. The van der Waals surface area contributed by atoms with E-state index in [1.807, 2.05) is 13.8 Å². The van der Waals surface area contributed by atoms with Crippen LogP contribution in [0.5, 0.6) is 5.75 Å². The second kappa shape index (κ2) is 7.33. The number of ether oxygens (including phenoxy) is 1. The quantitative estimate of drug-likeness (QED) is 0.769. The highest BCUT2D eigenvalue weighted by molar-refractivity contribution is 5.95. The molecule has 0 aromatic heterocycles. The lowest BCUT2D eigenvalue weighted by Gasteiger charge is -2.21. The molecule has 0 heterocycles. The third-order valence-electron chi connectivity index (χ3n) is 2.70. The van der Waals surface area contributed by atoms with Crippen molar-refractivity contribution in [1.29, 1.82) is 0 Å². The molecule has 0 aliphatic rings. The zero-order valence-corrected chi connectivity index (χ0v) is 11.9. The average molecular weight is 276 g/mol. The van der Waals surface area contributed by atoms with Crippen LogP contribution in [0.2, 0.25) is 0 Å². The van der Waals surface area contributed by atoms with Crippen LogP contribution in [0.4, 0.5) is 0 Å². The number of para-hydroxylation sites is 1. The van der Waals surface area contributed by atoms with E-state index in [-0.39, 0.29) is 18.1 Å². The van der Waals surface area contributed by atoms with Crippen LogP contribution in [0.3, 0.4) is 0 Å². The second-order valence-corrected chi connectivity index (χ2v) is 4.51. The van der Waals surface area contributed by atoms with Gasteiger partial charge in [-0.05, 0) is 26.0 Å². The first-order chi connectivity index (χ1) is 9.45. The first kappa shape index (κ1) is 15.8. The third-order valence-corrected chi connectivity index (χ3v) is 2.70. The van der Waals surface area contributed by atoms with Crippen LogP contribution in [0.25, 0.3) is 0 Å². The van der Waals surface area contributed by atoms with Gasteiger partial charge in [-0.2, -0.15) is 0 Å². The van der Waals surface area contributed by atoms with Crippen molar-refractivity contribution in [2.45, 2.75) is 13.8 Å². The lowest BCUT2D eigenvalue weighted by molar-refractivity contribution is -0.132. The Bertz CT molecular complexity index is 512. The molecular formula is C15H20N2O3. The SMILES string of the molecule is C=C(C)CN(CC)C(=O)COc1ccccc1C(N)=O. The summed E-state index contributed by atoms with van der Waals surface area (Å²) < 4.78 is 5.40. The molecule has 1 rings (SSSR count).